The van der Waals surface area contributed by atoms with Crippen molar-refractivity contribution in [3.05, 3.63) is 36.4 Å². The van der Waals surface area contributed by atoms with Gasteiger partial charge in [-0.15, -0.1) is 11.8 Å². The lowest BCUT2D eigenvalue weighted by molar-refractivity contribution is 0.262. The number of anilines is 3. The van der Waals surface area contributed by atoms with E-state index in [1.165, 1.54) is 19.3 Å². The quantitative estimate of drug-likeness (QED) is 0.642. The minimum absolute atomic E-state index is 0.330. The van der Waals surface area contributed by atoms with Gasteiger partial charge in [-0.3, -0.25) is 0 Å². The summed E-state index contributed by atoms with van der Waals surface area (Å²) in [6, 6.07) is 11.2. The topological polar surface area (TPSA) is 83.3 Å². The van der Waals surface area contributed by atoms with E-state index in [1.807, 2.05) is 42.7 Å². The molecule has 2 aromatic carbocycles. The van der Waals surface area contributed by atoms with Crippen LogP contribution in [0.25, 0.3) is 11.0 Å². The van der Waals surface area contributed by atoms with Crippen LogP contribution in [0, 0.1) is 0 Å². The number of piperidine rings is 1. The normalized spacial score (nSPS) is 14.3. The van der Waals surface area contributed by atoms with Crippen molar-refractivity contribution >= 4 is 45.9 Å². The molecule has 2 N–H and O–H groups in total. The predicted octanol–water partition coefficient (Wildman–Crippen LogP) is 4.58. The zero-order valence-corrected chi connectivity index (χ0v) is 15.9. The van der Waals surface area contributed by atoms with E-state index in [9.17, 15) is 4.79 Å². The molecular formula is C19H21N5O2S. The molecular weight excluding hydrogens is 362 g/mol. The Morgan fingerprint density at radius 3 is 2.70 bits per heavy atom. The highest BCUT2D eigenvalue weighted by Gasteiger charge is 2.19. The van der Waals surface area contributed by atoms with Crippen LogP contribution in [0.2, 0.25) is 0 Å². The Hall–Kier alpha value is -2.74. The molecule has 2 amide bonds. The Bertz CT molecular complexity index is 952. The number of urea groups is 1. The monoisotopic (exact) mass is 383 g/mol. The van der Waals surface area contributed by atoms with Gasteiger partial charge in [0.05, 0.1) is 11.4 Å². The molecule has 4 rings (SSSR count). The molecule has 27 heavy (non-hydrogen) atoms. The molecule has 3 aromatic rings. The Morgan fingerprint density at radius 1 is 1.07 bits per heavy atom. The van der Waals surface area contributed by atoms with Crippen LogP contribution in [-0.4, -0.2) is 35.7 Å². The predicted molar refractivity (Wildman–Crippen MR) is 109 cm³/mol. The zero-order chi connectivity index (χ0) is 18.6. The third kappa shape index (κ3) is 3.85. The third-order valence-corrected chi connectivity index (χ3v) is 5.39. The van der Waals surface area contributed by atoms with Crippen molar-refractivity contribution < 1.29 is 9.42 Å². The summed E-state index contributed by atoms with van der Waals surface area (Å²) in [6.45, 7) is 2.00. The number of amides is 2. The van der Waals surface area contributed by atoms with Crippen LogP contribution in [0.3, 0.4) is 0 Å². The molecule has 1 aromatic heterocycles. The fraction of sp³-hybridized carbons (Fsp3) is 0.316. The van der Waals surface area contributed by atoms with Crippen LogP contribution < -0.4 is 15.5 Å². The van der Waals surface area contributed by atoms with Crippen molar-refractivity contribution in [2.24, 2.45) is 0 Å². The fourth-order valence-corrected chi connectivity index (χ4v) is 3.79. The van der Waals surface area contributed by atoms with Crippen LogP contribution >= 0.6 is 11.8 Å². The van der Waals surface area contributed by atoms with Crippen molar-refractivity contribution in [3.63, 3.8) is 0 Å². The van der Waals surface area contributed by atoms with Gasteiger partial charge in [0.25, 0.3) is 0 Å². The third-order valence-electron chi connectivity index (χ3n) is 4.67. The number of fused-ring (bicyclic) bond motifs is 1. The number of thioether (sulfide) groups is 1. The summed E-state index contributed by atoms with van der Waals surface area (Å²) in [6.07, 6.45) is 5.60. The summed E-state index contributed by atoms with van der Waals surface area (Å²) >= 11 is 1.63. The summed E-state index contributed by atoms with van der Waals surface area (Å²) in [4.78, 5) is 15.8. The van der Waals surface area contributed by atoms with Crippen LogP contribution in [0.5, 0.6) is 0 Å². The maximum atomic E-state index is 12.4. The highest BCUT2D eigenvalue weighted by atomic mass is 32.2. The molecule has 2 heterocycles. The van der Waals surface area contributed by atoms with Gasteiger partial charge in [-0.1, -0.05) is 6.07 Å². The second kappa shape index (κ2) is 7.87. The van der Waals surface area contributed by atoms with Gasteiger partial charge >= 0.3 is 6.03 Å². The second-order valence-electron chi connectivity index (χ2n) is 6.45. The average Bonchev–Trinajstić information content (AvgIpc) is 3.19. The molecule has 0 unspecified atom stereocenters. The number of carbonyl (C=O) groups is 1. The Morgan fingerprint density at radius 2 is 1.89 bits per heavy atom. The van der Waals surface area contributed by atoms with Crippen molar-refractivity contribution in [1.82, 2.24) is 10.3 Å². The highest BCUT2D eigenvalue weighted by molar-refractivity contribution is 7.98. The van der Waals surface area contributed by atoms with E-state index in [0.717, 1.165) is 29.4 Å². The van der Waals surface area contributed by atoms with Gasteiger partial charge in [-0.25, -0.2) is 9.42 Å². The van der Waals surface area contributed by atoms with Gasteiger partial charge in [-0.2, -0.15) is 0 Å². The highest BCUT2D eigenvalue weighted by Crippen LogP contribution is 2.31. The van der Waals surface area contributed by atoms with Gasteiger partial charge in [-0.05, 0) is 66.2 Å². The van der Waals surface area contributed by atoms with Crippen molar-refractivity contribution in [2.45, 2.75) is 24.2 Å². The molecule has 1 aliphatic rings. The van der Waals surface area contributed by atoms with E-state index in [2.05, 4.69) is 25.8 Å². The van der Waals surface area contributed by atoms with Crippen molar-refractivity contribution in [1.29, 1.82) is 0 Å². The molecule has 0 spiro atoms. The molecule has 0 saturated carbocycles. The largest absolute Gasteiger partial charge is 0.370 e. The lowest BCUT2D eigenvalue weighted by atomic mass is 10.1. The van der Waals surface area contributed by atoms with E-state index in [1.54, 1.807) is 11.8 Å². The molecule has 7 nitrogen and oxygen atoms in total. The van der Waals surface area contributed by atoms with Crippen LogP contribution in [-0.2, 0) is 0 Å². The smallest absolute Gasteiger partial charge is 0.323 e. The number of hydrogen-bond donors (Lipinski definition) is 2. The summed E-state index contributed by atoms with van der Waals surface area (Å²) in [5, 5.41) is 13.8. The minimum atomic E-state index is -0.330. The first-order chi connectivity index (χ1) is 13.2. The summed E-state index contributed by atoms with van der Waals surface area (Å²) in [7, 11) is 0. The molecule has 0 aliphatic carbocycles. The molecule has 1 saturated heterocycles. The first-order valence-corrected chi connectivity index (χ1v) is 10.2. The molecule has 0 bridgehead atoms. The van der Waals surface area contributed by atoms with Gasteiger partial charge < -0.3 is 15.5 Å². The first kappa shape index (κ1) is 17.7. The second-order valence-corrected chi connectivity index (χ2v) is 7.33. The molecule has 140 valence electrons. The standard InChI is InChI=1S/C19H21N5O2S/c1-27-14-7-5-6-13(12-14)20-19(25)21-15-8-9-16(18-17(15)22-26-23-18)24-10-3-2-4-11-24/h5-9,12H,2-4,10-11H2,1H3,(H2,20,21,25). The van der Waals surface area contributed by atoms with Crippen LogP contribution in [0.4, 0.5) is 21.9 Å². The van der Waals surface area contributed by atoms with Gasteiger partial charge in [0.1, 0.15) is 0 Å². The number of aromatic nitrogens is 2. The lowest BCUT2D eigenvalue weighted by Gasteiger charge is -2.28. The van der Waals surface area contributed by atoms with Crippen molar-refractivity contribution in [3.8, 4) is 0 Å². The number of hydrogen-bond acceptors (Lipinski definition) is 6. The Balaban J connectivity index is 1.53. The maximum absolute atomic E-state index is 12.4. The fourth-order valence-electron chi connectivity index (χ4n) is 3.33. The van der Waals surface area contributed by atoms with Crippen molar-refractivity contribution in [2.75, 3.05) is 34.9 Å². The number of nitrogens with one attached hydrogen (secondary N) is 2. The van der Waals surface area contributed by atoms with Crippen LogP contribution in [0.1, 0.15) is 19.3 Å². The number of benzene rings is 2. The SMILES string of the molecule is CSc1cccc(NC(=O)Nc2ccc(N3CCCCC3)c3nonc23)c1. The Kier molecular flexibility index (Phi) is 5.15. The van der Waals surface area contributed by atoms with E-state index >= 15 is 0 Å². The number of nitrogens with zero attached hydrogens (tertiary/aromatic N) is 3. The van der Waals surface area contributed by atoms with Crippen LogP contribution in [0.15, 0.2) is 45.9 Å². The summed E-state index contributed by atoms with van der Waals surface area (Å²) in [5.74, 6) is 0. The van der Waals surface area contributed by atoms with Gasteiger partial charge in [0.15, 0.2) is 11.0 Å². The van der Waals surface area contributed by atoms with E-state index in [0.29, 0.717) is 16.7 Å². The molecule has 0 radical (unpaired) electrons. The Labute approximate surface area is 161 Å². The lowest BCUT2D eigenvalue weighted by Crippen LogP contribution is -2.29. The molecule has 0 atom stereocenters. The molecule has 8 heteroatoms. The summed E-state index contributed by atoms with van der Waals surface area (Å²) < 4.78 is 4.97. The minimum Gasteiger partial charge on any atom is -0.370 e. The summed E-state index contributed by atoms with van der Waals surface area (Å²) in [5.41, 5.74) is 3.55. The first-order valence-electron chi connectivity index (χ1n) is 8.97. The van der Waals surface area contributed by atoms with Gasteiger partial charge in [0.2, 0.25) is 0 Å². The van der Waals surface area contributed by atoms with Gasteiger partial charge in [0, 0.05) is 23.7 Å². The number of rotatable bonds is 4. The number of carbonyl (C=O) groups excluding carboxylic acids is 1. The van der Waals surface area contributed by atoms with E-state index in [4.69, 9.17) is 4.63 Å². The molecule has 1 fully saturated rings. The zero-order valence-electron chi connectivity index (χ0n) is 15.1. The maximum Gasteiger partial charge on any atom is 0.323 e. The van der Waals surface area contributed by atoms with E-state index in [-0.39, 0.29) is 6.03 Å². The molecule has 1 aliphatic heterocycles. The van der Waals surface area contributed by atoms with E-state index < -0.39 is 0 Å². The average molecular weight is 383 g/mol.